The van der Waals surface area contributed by atoms with Crippen LogP contribution >= 0.6 is 11.6 Å². The predicted octanol–water partition coefficient (Wildman–Crippen LogP) is 3.65. The Labute approximate surface area is 118 Å². The molecule has 0 aliphatic carbocycles. The standard InChI is InChI=1S/C16H16ClNO/c1-18(11-13-6-5-9-15(17)10-13)12-16(19)14-7-3-2-4-8-14/h2-10H,11-12H2,1H3. The molecule has 2 aromatic rings. The normalized spacial score (nSPS) is 10.7. The molecule has 0 N–H and O–H groups in total. The number of carbonyl (C=O) groups is 1. The molecule has 2 aromatic carbocycles. The first kappa shape index (κ1) is 13.8. The number of hydrogen-bond acceptors (Lipinski definition) is 2. The van der Waals surface area contributed by atoms with Crippen LogP contribution in [0.1, 0.15) is 15.9 Å². The molecule has 0 aromatic heterocycles. The lowest BCUT2D eigenvalue weighted by Crippen LogP contribution is -2.25. The van der Waals surface area contributed by atoms with Crippen molar-refractivity contribution in [2.24, 2.45) is 0 Å². The SMILES string of the molecule is CN(CC(=O)c1ccccc1)Cc1cccc(Cl)c1. The van der Waals surface area contributed by atoms with Gasteiger partial charge in [0.2, 0.25) is 0 Å². The number of ketones is 1. The molecule has 0 radical (unpaired) electrons. The molecular formula is C16H16ClNO. The summed E-state index contributed by atoms with van der Waals surface area (Å²) in [6, 6.07) is 17.1. The van der Waals surface area contributed by atoms with Crippen molar-refractivity contribution in [1.29, 1.82) is 0 Å². The number of hydrogen-bond donors (Lipinski definition) is 0. The minimum absolute atomic E-state index is 0.130. The fourth-order valence-corrected chi connectivity index (χ4v) is 2.18. The Morgan fingerprint density at radius 1 is 1.11 bits per heavy atom. The van der Waals surface area contributed by atoms with Gasteiger partial charge in [0.05, 0.1) is 6.54 Å². The number of nitrogens with zero attached hydrogens (tertiary/aromatic N) is 1. The number of rotatable bonds is 5. The zero-order valence-electron chi connectivity index (χ0n) is 10.8. The van der Waals surface area contributed by atoms with Gasteiger partial charge in [0.15, 0.2) is 5.78 Å². The van der Waals surface area contributed by atoms with Crippen molar-refractivity contribution in [2.45, 2.75) is 6.54 Å². The fourth-order valence-electron chi connectivity index (χ4n) is 1.96. The second-order valence-corrected chi connectivity index (χ2v) is 5.03. The van der Waals surface area contributed by atoms with Crippen LogP contribution in [0.5, 0.6) is 0 Å². The number of benzene rings is 2. The Bertz CT molecular complexity index is 554. The molecule has 0 atom stereocenters. The van der Waals surface area contributed by atoms with Gasteiger partial charge in [0.1, 0.15) is 0 Å². The Hall–Kier alpha value is -1.64. The van der Waals surface area contributed by atoms with E-state index in [1.165, 1.54) is 0 Å². The first-order valence-corrected chi connectivity index (χ1v) is 6.54. The monoisotopic (exact) mass is 273 g/mol. The minimum atomic E-state index is 0.130. The van der Waals surface area contributed by atoms with E-state index in [0.717, 1.165) is 16.1 Å². The summed E-state index contributed by atoms with van der Waals surface area (Å²) in [5, 5.41) is 0.722. The van der Waals surface area contributed by atoms with Crippen molar-refractivity contribution >= 4 is 17.4 Å². The third-order valence-electron chi connectivity index (χ3n) is 2.85. The van der Waals surface area contributed by atoms with Gasteiger partial charge >= 0.3 is 0 Å². The van der Waals surface area contributed by atoms with Crippen molar-refractivity contribution in [3.8, 4) is 0 Å². The molecule has 0 saturated heterocycles. The summed E-state index contributed by atoms with van der Waals surface area (Å²) in [7, 11) is 1.93. The Balaban J connectivity index is 1.95. The average Bonchev–Trinajstić information content (AvgIpc) is 2.39. The zero-order chi connectivity index (χ0) is 13.7. The second kappa shape index (κ2) is 6.50. The van der Waals surface area contributed by atoms with Crippen LogP contribution in [0.25, 0.3) is 0 Å². The lowest BCUT2D eigenvalue weighted by Gasteiger charge is -2.16. The van der Waals surface area contributed by atoms with Gasteiger partial charge in [-0.3, -0.25) is 9.69 Å². The van der Waals surface area contributed by atoms with E-state index in [1.807, 2.05) is 66.5 Å². The highest BCUT2D eigenvalue weighted by molar-refractivity contribution is 6.30. The van der Waals surface area contributed by atoms with E-state index in [2.05, 4.69) is 0 Å². The van der Waals surface area contributed by atoms with Crippen LogP contribution in [0.2, 0.25) is 5.02 Å². The molecule has 2 rings (SSSR count). The molecule has 0 fully saturated rings. The average molecular weight is 274 g/mol. The number of Topliss-reactive ketones (excluding diaryl/α,β-unsaturated/α-hetero) is 1. The summed E-state index contributed by atoms with van der Waals surface area (Å²) >= 11 is 5.94. The van der Waals surface area contributed by atoms with Gasteiger partial charge in [-0.25, -0.2) is 0 Å². The van der Waals surface area contributed by atoms with Crippen molar-refractivity contribution in [2.75, 3.05) is 13.6 Å². The maximum absolute atomic E-state index is 12.0. The first-order valence-electron chi connectivity index (χ1n) is 6.16. The maximum Gasteiger partial charge on any atom is 0.176 e. The third-order valence-corrected chi connectivity index (χ3v) is 3.09. The molecule has 2 nitrogen and oxygen atoms in total. The van der Waals surface area contributed by atoms with Gasteiger partial charge in [-0.15, -0.1) is 0 Å². The van der Waals surface area contributed by atoms with E-state index in [9.17, 15) is 4.79 Å². The molecule has 0 heterocycles. The van der Waals surface area contributed by atoms with Crippen LogP contribution < -0.4 is 0 Å². The van der Waals surface area contributed by atoms with Crippen molar-refractivity contribution < 1.29 is 4.79 Å². The van der Waals surface area contributed by atoms with Crippen molar-refractivity contribution in [3.05, 3.63) is 70.7 Å². The van der Waals surface area contributed by atoms with Gasteiger partial charge in [0.25, 0.3) is 0 Å². The van der Waals surface area contributed by atoms with Gasteiger partial charge in [-0.05, 0) is 24.7 Å². The van der Waals surface area contributed by atoms with E-state index in [0.29, 0.717) is 13.1 Å². The van der Waals surface area contributed by atoms with Gasteiger partial charge in [-0.2, -0.15) is 0 Å². The highest BCUT2D eigenvalue weighted by Crippen LogP contribution is 2.12. The summed E-state index contributed by atoms with van der Waals surface area (Å²) < 4.78 is 0. The van der Waals surface area contributed by atoms with E-state index in [1.54, 1.807) is 0 Å². The van der Waals surface area contributed by atoms with Crippen molar-refractivity contribution in [3.63, 3.8) is 0 Å². The molecule has 0 aliphatic rings. The number of halogens is 1. The van der Waals surface area contributed by atoms with E-state index >= 15 is 0 Å². The molecule has 19 heavy (non-hydrogen) atoms. The van der Waals surface area contributed by atoms with Crippen LogP contribution in [0.15, 0.2) is 54.6 Å². The highest BCUT2D eigenvalue weighted by Gasteiger charge is 2.09. The predicted molar refractivity (Wildman–Crippen MR) is 78.6 cm³/mol. The molecule has 0 amide bonds. The Morgan fingerprint density at radius 3 is 2.53 bits per heavy atom. The first-order chi connectivity index (χ1) is 9.15. The summed E-state index contributed by atoms with van der Waals surface area (Å²) in [5.74, 6) is 0.130. The quantitative estimate of drug-likeness (QED) is 0.775. The lowest BCUT2D eigenvalue weighted by molar-refractivity contribution is 0.0943. The van der Waals surface area contributed by atoms with Crippen LogP contribution in [0, 0.1) is 0 Å². The van der Waals surface area contributed by atoms with Crippen LogP contribution in [-0.2, 0) is 6.54 Å². The second-order valence-electron chi connectivity index (χ2n) is 4.59. The molecule has 0 aliphatic heterocycles. The maximum atomic E-state index is 12.0. The van der Waals surface area contributed by atoms with Crippen LogP contribution in [0.4, 0.5) is 0 Å². The summed E-state index contributed by atoms with van der Waals surface area (Å²) in [6.45, 7) is 1.11. The minimum Gasteiger partial charge on any atom is -0.295 e. The molecule has 0 spiro atoms. The number of carbonyl (C=O) groups excluding carboxylic acids is 1. The van der Waals surface area contributed by atoms with Crippen LogP contribution in [-0.4, -0.2) is 24.3 Å². The molecular weight excluding hydrogens is 258 g/mol. The lowest BCUT2D eigenvalue weighted by atomic mass is 10.1. The van der Waals surface area contributed by atoms with Gasteiger partial charge in [0, 0.05) is 17.1 Å². The Morgan fingerprint density at radius 2 is 1.84 bits per heavy atom. The fraction of sp³-hybridized carbons (Fsp3) is 0.188. The van der Waals surface area contributed by atoms with Crippen molar-refractivity contribution in [1.82, 2.24) is 4.90 Å². The van der Waals surface area contributed by atoms with Gasteiger partial charge < -0.3 is 0 Å². The van der Waals surface area contributed by atoms with E-state index in [4.69, 9.17) is 11.6 Å². The molecule has 3 heteroatoms. The molecule has 0 saturated carbocycles. The van der Waals surface area contributed by atoms with E-state index in [-0.39, 0.29) is 5.78 Å². The number of likely N-dealkylation sites (N-methyl/N-ethyl adjacent to an activating group) is 1. The summed E-state index contributed by atoms with van der Waals surface area (Å²) in [6.07, 6.45) is 0. The smallest absolute Gasteiger partial charge is 0.176 e. The molecule has 0 bridgehead atoms. The largest absolute Gasteiger partial charge is 0.295 e. The summed E-state index contributed by atoms with van der Waals surface area (Å²) in [4.78, 5) is 14.0. The topological polar surface area (TPSA) is 20.3 Å². The Kier molecular flexibility index (Phi) is 4.72. The molecule has 0 unspecified atom stereocenters. The summed E-state index contributed by atoms with van der Waals surface area (Å²) in [5.41, 5.74) is 1.86. The van der Waals surface area contributed by atoms with E-state index < -0.39 is 0 Å². The zero-order valence-corrected chi connectivity index (χ0v) is 11.6. The third kappa shape index (κ3) is 4.19. The molecule has 98 valence electrons. The van der Waals surface area contributed by atoms with Crippen LogP contribution in [0.3, 0.4) is 0 Å². The van der Waals surface area contributed by atoms with Gasteiger partial charge in [-0.1, -0.05) is 54.1 Å². The highest BCUT2D eigenvalue weighted by atomic mass is 35.5.